The molecule has 0 heterocycles. The van der Waals surface area contributed by atoms with E-state index in [9.17, 15) is 14.7 Å². The number of hydrogen-bond acceptors (Lipinski definition) is 4. The summed E-state index contributed by atoms with van der Waals surface area (Å²) in [5.41, 5.74) is 4.24. The number of amides is 1. The van der Waals surface area contributed by atoms with E-state index in [-0.39, 0.29) is 6.54 Å². The average molecular weight is 258 g/mol. The van der Waals surface area contributed by atoms with E-state index in [1.807, 2.05) is 0 Å². The Morgan fingerprint density at radius 1 is 1.50 bits per heavy atom. The van der Waals surface area contributed by atoms with Crippen LogP contribution in [0.1, 0.15) is 32.6 Å². The lowest BCUT2D eigenvalue weighted by atomic mass is 9.77. The van der Waals surface area contributed by atoms with E-state index in [0.29, 0.717) is 18.8 Å². The zero-order chi connectivity index (χ0) is 13.8. The number of carbonyl (C=O) groups is 2. The molecule has 1 fully saturated rings. The summed E-state index contributed by atoms with van der Waals surface area (Å²) in [6.07, 6.45) is 1.72. The summed E-state index contributed by atoms with van der Waals surface area (Å²) in [5.74, 6) is -0.923. The summed E-state index contributed by atoms with van der Waals surface area (Å²) in [7, 11) is 1.38. The van der Waals surface area contributed by atoms with Crippen LogP contribution in [0.15, 0.2) is 0 Å². The molecule has 0 aromatic rings. The third-order valence-electron chi connectivity index (χ3n) is 3.69. The van der Waals surface area contributed by atoms with Crippen LogP contribution in [0.2, 0.25) is 0 Å². The van der Waals surface area contributed by atoms with Gasteiger partial charge in [0.15, 0.2) is 0 Å². The van der Waals surface area contributed by atoms with Crippen molar-refractivity contribution in [3.8, 4) is 0 Å². The van der Waals surface area contributed by atoms with E-state index in [0.717, 1.165) is 12.8 Å². The van der Waals surface area contributed by atoms with E-state index in [2.05, 4.69) is 12.2 Å². The zero-order valence-corrected chi connectivity index (χ0v) is 10.9. The van der Waals surface area contributed by atoms with Crippen LogP contribution in [0.4, 0.5) is 0 Å². The van der Waals surface area contributed by atoms with Crippen LogP contribution in [-0.2, 0) is 14.3 Å². The molecule has 6 heteroatoms. The Morgan fingerprint density at radius 2 is 2.06 bits per heavy atom. The molecule has 1 unspecified atom stereocenters. The van der Waals surface area contributed by atoms with Gasteiger partial charge >= 0.3 is 5.97 Å². The van der Waals surface area contributed by atoms with Crippen LogP contribution in [0.25, 0.3) is 0 Å². The van der Waals surface area contributed by atoms with Gasteiger partial charge in [0.2, 0.25) is 0 Å². The monoisotopic (exact) mass is 258 g/mol. The minimum Gasteiger partial charge on any atom is -0.480 e. The molecular weight excluding hydrogens is 236 g/mol. The van der Waals surface area contributed by atoms with Gasteiger partial charge in [-0.25, -0.2) is 4.79 Å². The number of carbonyl (C=O) groups excluding carboxylic acids is 1. The van der Waals surface area contributed by atoms with Gasteiger partial charge in [-0.1, -0.05) is 6.92 Å². The lowest BCUT2D eigenvalue weighted by Crippen LogP contribution is -2.59. The van der Waals surface area contributed by atoms with Crippen molar-refractivity contribution in [2.75, 3.05) is 13.7 Å². The molecule has 18 heavy (non-hydrogen) atoms. The topological polar surface area (TPSA) is 102 Å². The van der Waals surface area contributed by atoms with Gasteiger partial charge in [0.05, 0.1) is 0 Å². The molecule has 0 spiro atoms. The summed E-state index contributed by atoms with van der Waals surface area (Å²) in [4.78, 5) is 23.3. The molecule has 1 saturated carbocycles. The maximum absolute atomic E-state index is 11.9. The maximum atomic E-state index is 11.9. The Labute approximate surface area is 107 Å². The number of carboxylic acids is 1. The second kappa shape index (κ2) is 6.15. The standard InChI is InChI=1S/C12H22N2O4/c1-8-3-5-12(6-4-8,11(16)17)14-10(15)9(7-13)18-2/h8-9H,3-7,13H2,1-2H3,(H,14,15)(H,16,17). The molecule has 0 bridgehead atoms. The predicted octanol–water partition coefficient (Wildman–Crippen LogP) is 0.110. The normalized spacial score (nSPS) is 29.6. The molecule has 6 nitrogen and oxygen atoms in total. The molecule has 4 N–H and O–H groups in total. The predicted molar refractivity (Wildman–Crippen MR) is 66.0 cm³/mol. The lowest BCUT2D eigenvalue weighted by molar-refractivity contribution is -0.151. The van der Waals surface area contributed by atoms with Crippen molar-refractivity contribution in [3.05, 3.63) is 0 Å². The molecule has 0 aromatic heterocycles. The van der Waals surface area contributed by atoms with Crippen molar-refractivity contribution in [3.63, 3.8) is 0 Å². The first-order valence-electron chi connectivity index (χ1n) is 6.23. The van der Waals surface area contributed by atoms with Gasteiger partial charge in [-0.2, -0.15) is 0 Å². The van der Waals surface area contributed by atoms with Crippen molar-refractivity contribution in [2.45, 2.75) is 44.2 Å². The first kappa shape index (κ1) is 14.9. The third kappa shape index (κ3) is 3.20. The molecule has 0 aliphatic heterocycles. The Balaban J connectivity index is 2.75. The molecule has 1 amide bonds. The molecule has 0 radical (unpaired) electrons. The molecule has 104 valence electrons. The molecular formula is C12H22N2O4. The average Bonchev–Trinajstić information content (AvgIpc) is 2.33. The Kier molecular flexibility index (Phi) is 5.10. The Bertz CT molecular complexity index is 307. The van der Waals surface area contributed by atoms with E-state index in [1.54, 1.807) is 0 Å². The van der Waals surface area contributed by atoms with Crippen LogP contribution in [-0.4, -0.2) is 42.3 Å². The minimum atomic E-state index is -1.16. The molecule has 1 aliphatic rings. The first-order valence-corrected chi connectivity index (χ1v) is 6.23. The van der Waals surface area contributed by atoms with Gasteiger partial charge in [-0.3, -0.25) is 4.79 Å². The van der Waals surface area contributed by atoms with Crippen molar-refractivity contribution in [1.82, 2.24) is 5.32 Å². The fourth-order valence-electron chi connectivity index (χ4n) is 2.27. The summed E-state index contributed by atoms with van der Waals surface area (Å²) < 4.78 is 4.92. The number of hydrogen-bond donors (Lipinski definition) is 3. The maximum Gasteiger partial charge on any atom is 0.329 e. The van der Waals surface area contributed by atoms with E-state index >= 15 is 0 Å². The number of rotatable bonds is 5. The van der Waals surface area contributed by atoms with Crippen LogP contribution >= 0.6 is 0 Å². The number of nitrogens with one attached hydrogen (secondary N) is 1. The zero-order valence-electron chi connectivity index (χ0n) is 10.9. The SMILES string of the molecule is COC(CN)C(=O)NC1(C(=O)O)CCC(C)CC1. The lowest BCUT2D eigenvalue weighted by Gasteiger charge is -2.37. The highest BCUT2D eigenvalue weighted by Gasteiger charge is 2.43. The van der Waals surface area contributed by atoms with Gasteiger partial charge in [-0.05, 0) is 31.6 Å². The van der Waals surface area contributed by atoms with Gasteiger partial charge in [0.1, 0.15) is 11.6 Å². The van der Waals surface area contributed by atoms with Gasteiger partial charge in [0, 0.05) is 13.7 Å². The van der Waals surface area contributed by atoms with Crippen molar-refractivity contribution in [1.29, 1.82) is 0 Å². The molecule has 1 rings (SSSR count). The highest BCUT2D eigenvalue weighted by Crippen LogP contribution is 2.32. The van der Waals surface area contributed by atoms with E-state index < -0.39 is 23.5 Å². The largest absolute Gasteiger partial charge is 0.480 e. The van der Waals surface area contributed by atoms with Crippen LogP contribution in [0, 0.1) is 5.92 Å². The molecule has 1 aliphatic carbocycles. The quantitative estimate of drug-likeness (QED) is 0.649. The summed E-state index contributed by atoms with van der Waals surface area (Å²) in [6.45, 7) is 2.12. The number of aliphatic carboxylic acids is 1. The van der Waals surface area contributed by atoms with Crippen molar-refractivity contribution < 1.29 is 19.4 Å². The van der Waals surface area contributed by atoms with Crippen LogP contribution in [0.3, 0.4) is 0 Å². The van der Waals surface area contributed by atoms with E-state index in [4.69, 9.17) is 10.5 Å². The van der Waals surface area contributed by atoms with Crippen molar-refractivity contribution in [2.24, 2.45) is 11.7 Å². The number of carboxylic acid groups (broad SMARTS) is 1. The minimum absolute atomic E-state index is 0.0361. The van der Waals surface area contributed by atoms with E-state index in [1.165, 1.54) is 7.11 Å². The van der Waals surface area contributed by atoms with Gasteiger partial charge in [-0.15, -0.1) is 0 Å². The third-order valence-corrected chi connectivity index (χ3v) is 3.69. The number of ether oxygens (including phenoxy) is 1. The second-order valence-electron chi connectivity index (χ2n) is 5.02. The number of methoxy groups -OCH3 is 1. The second-order valence-corrected chi connectivity index (χ2v) is 5.02. The van der Waals surface area contributed by atoms with Crippen LogP contribution in [0.5, 0.6) is 0 Å². The Morgan fingerprint density at radius 3 is 2.44 bits per heavy atom. The fourth-order valence-corrected chi connectivity index (χ4v) is 2.27. The smallest absolute Gasteiger partial charge is 0.329 e. The molecule has 0 aromatic carbocycles. The summed E-state index contributed by atoms with van der Waals surface area (Å²) in [5, 5.41) is 12.0. The van der Waals surface area contributed by atoms with Crippen LogP contribution < -0.4 is 11.1 Å². The number of nitrogens with two attached hydrogens (primary N) is 1. The highest BCUT2D eigenvalue weighted by atomic mass is 16.5. The first-order chi connectivity index (χ1) is 8.45. The summed E-state index contributed by atoms with van der Waals surface area (Å²) in [6, 6.07) is 0. The van der Waals surface area contributed by atoms with Gasteiger partial charge in [0.25, 0.3) is 5.91 Å². The Hall–Kier alpha value is -1.14. The van der Waals surface area contributed by atoms with Gasteiger partial charge < -0.3 is 20.9 Å². The van der Waals surface area contributed by atoms with Crippen molar-refractivity contribution >= 4 is 11.9 Å². The highest BCUT2D eigenvalue weighted by molar-refractivity contribution is 5.89. The summed E-state index contributed by atoms with van der Waals surface area (Å²) >= 11 is 0. The fraction of sp³-hybridized carbons (Fsp3) is 0.833. The molecule has 1 atom stereocenters. The molecule has 0 saturated heterocycles.